The molecular weight excluding hydrogens is 267 g/mol. The summed E-state index contributed by atoms with van der Waals surface area (Å²) < 4.78 is 45.2. The van der Waals surface area contributed by atoms with E-state index in [2.05, 4.69) is 5.32 Å². The summed E-state index contributed by atoms with van der Waals surface area (Å²) in [4.78, 5) is 0. The van der Waals surface area contributed by atoms with Crippen LogP contribution in [-0.2, 0) is 16.5 Å². The van der Waals surface area contributed by atoms with Crippen molar-refractivity contribution in [2.45, 2.75) is 44.5 Å². The third-order valence-electron chi connectivity index (χ3n) is 3.82. The SMILES string of the molecule is CCNC1CCOC(C)(c2ccccc2C(F)(F)F)C1. The van der Waals surface area contributed by atoms with Gasteiger partial charge in [-0.1, -0.05) is 25.1 Å². The van der Waals surface area contributed by atoms with E-state index in [1.165, 1.54) is 12.1 Å². The van der Waals surface area contributed by atoms with E-state index in [1.807, 2.05) is 6.92 Å². The summed E-state index contributed by atoms with van der Waals surface area (Å²) in [6.45, 7) is 5.03. The molecule has 0 aliphatic carbocycles. The van der Waals surface area contributed by atoms with Crippen LogP contribution in [0.5, 0.6) is 0 Å². The zero-order chi connectivity index (χ0) is 14.8. The second kappa shape index (κ2) is 5.74. The van der Waals surface area contributed by atoms with E-state index in [-0.39, 0.29) is 11.6 Å². The van der Waals surface area contributed by atoms with Crippen molar-refractivity contribution in [1.29, 1.82) is 0 Å². The lowest BCUT2D eigenvalue weighted by molar-refractivity contribution is -0.144. The lowest BCUT2D eigenvalue weighted by Crippen LogP contribution is -2.44. The van der Waals surface area contributed by atoms with Gasteiger partial charge in [0.1, 0.15) is 0 Å². The molecule has 0 saturated carbocycles. The molecule has 1 saturated heterocycles. The highest BCUT2D eigenvalue weighted by Gasteiger charge is 2.42. The van der Waals surface area contributed by atoms with Gasteiger partial charge in [0.25, 0.3) is 0 Å². The lowest BCUT2D eigenvalue weighted by Gasteiger charge is -2.40. The summed E-state index contributed by atoms with van der Waals surface area (Å²) in [5.74, 6) is 0. The Labute approximate surface area is 117 Å². The van der Waals surface area contributed by atoms with Gasteiger partial charge in [-0.2, -0.15) is 13.2 Å². The number of alkyl halides is 3. The van der Waals surface area contributed by atoms with Gasteiger partial charge < -0.3 is 10.1 Å². The number of halogens is 3. The molecule has 0 spiro atoms. The van der Waals surface area contributed by atoms with Gasteiger partial charge in [0.15, 0.2) is 0 Å². The Hall–Kier alpha value is -1.07. The van der Waals surface area contributed by atoms with Crippen molar-refractivity contribution in [3.63, 3.8) is 0 Å². The van der Waals surface area contributed by atoms with E-state index in [9.17, 15) is 13.2 Å². The molecule has 2 rings (SSSR count). The van der Waals surface area contributed by atoms with Crippen molar-refractivity contribution >= 4 is 0 Å². The van der Waals surface area contributed by atoms with Crippen LogP contribution in [-0.4, -0.2) is 19.2 Å². The maximum absolute atomic E-state index is 13.1. The molecule has 1 aromatic carbocycles. The molecule has 1 aromatic rings. The maximum atomic E-state index is 13.1. The lowest BCUT2D eigenvalue weighted by atomic mass is 9.83. The van der Waals surface area contributed by atoms with Gasteiger partial charge in [-0.25, -0.2) is 0 Å². The fourth-order valence-corrected chi connectivity index (χ4v) is 2.90. The molecule has 112 valence electrons. The Morgan fingerprint density at radius 3 is 2.70 bits per heavy atom. The zero-order valence-electron chi connectivity index (χ0n) is 11.8. The van der Waals surface area contributed by atoms with Crippen LogP contribution >= 0.6 is 0 Å². The minimum absolute atomic E-state index is 0.194. The predicted octanol–water partition coefficient (Wildman–Crippen LogP) is 3.71. The number of ether oxygens (including phenoxy) is 1. The Morgan fingerprint density at radius 2 is 2.05 bits per heavy atom. The highest BCUT2D eigenvalue weighted by atomic mass is 19.4. The van der Waals surface area contributed by atoms with E-state index in [0.29, 0.717) is 13.0 Å². The zero-order valence-corrected chi connectivity index (χ0v) is 11.8. The molecule has 1 N–H and O–H groups in total. The number of nitrogens with one attached hydrogen (secondary N) is 1. The van der Waals surface area contributed by atoms with Crippen molar-refractivity contribution in [2.75, 3.05) is 13.2 Å². The number of rotatable bonds is 3. The van der Waals surface area contributed by atoms with E-state index in [1.54, 1.807) is 13.0 Å². The second-order valence-electron chi connectivity index (χ2n) is 5.37. The van der Waals surface area contributed by atoms with Gasteiger partial charge in [0.2, 0.25) is 0 Å². The summed E-state index contributed by atoms with van der Waals surface area (Å²) in [6.07, 6.45) is -2.97. The molecule has 1 aliphatic rings. The average molecular weight is 287 g/mol. The van der Waals surface area contributed by atoms with Crippen LogP contribution in [0.15, 0.2) is 24.3 Å². The van der Waals surface area contributed by atoms with Gasteiger partial charge in [0.05, 0.1) is 11.2 Å². The Bertz CT molecular complexity index is 459. The smallest absolute Gasteiger partial charge is 0.370 e. The van der Waals surface area contributed by atoms with E-state index < -0.39 is 17.3 Å². The molecule has 2 nitrogen and oxygen atoms in total. The van der Waals surface area contributed by atoms with Crippen molar-refractivity contribution in [1.82, 2.24) is 5.32 Å². The van der Waals surface area contributed by atoms with Gasteiger partial charge in [-0.15, -0.1) is 0 Å². The minimum Gasteiger partial charge on any atom is -0.370 e. The highest BCUT2D eigenvalue weighted by molar-refractivity contribution is 5.35. The fraction of sp³-hybridized carbons (Fsp3) is 0.600. The van der Waals surface area contributed by atoms with Crippen LogP contribution in [0.1, 0.15) is 37.8 Å². The summed E-state index contributed by atoms with van der Waals surface area (Å²) in [7, 11) is 0. The molecule has 1 aliphatic heterocycles. The van der Waals surface area contributed by atoms with Crippen LogP contribution in [0.3, 0.4) is 0 Å². The van der Waals surface area contributed by atoms with Crippen molar-refractivity contribution < 1.29 is 17.9 Å². The standard InChI is InChI=1S/C15H20F3NO/c1-3-19-11-8-9-20-14(2,10-11)12-6-4-5-7-13(12)15(16,17)18/h4-7,11,19H,3,8-10H2,1-2H3. The molecule has 1 fully saturated rings. The molecule has 0 radical (unpaired) electrons. The first kappa shape index (κ1) is 15.3. The van der Waals surface area contributed by atoms with Gasteiger partial charge >= 0.3 is 6.18 Å². The number of benzene rings is 1. The molecule has 2 atom stereocenters. The van der Waals surface area contributed by atoms with Crippen LogP contribution < -0.4 is 5.32 Å². The fourth-order valence-electron chi connectivity index (χ4n) is 2.90. The Morgan fingerprint density at radius 1 is 1.35 bits per heavy atom. The highest BCUT2D eigenvalue weighted by Crippen LogP contribution is 2.42. The first-order valence-electron chi connectivity index (χ1n) is 6.91. The quantitative estimate of drug-likeness (QED) is 0.915. The average Bonchev–Trinajstić information content (AvgIpc) is 2.38. The monoisotopic (exact) mass is 287 g/mol. The first-order chi connectivity index (χ1) is 9.37. The second-order valence-corrected chi connectivity index (χ2v) is 5.37. The van der Waals surface area contributed by atoms with Crippen LogP contribution in [0.25, 0.3) is 0 Å². The Kier molecular flexibility index (Phi) is 4.39. The van der Waals surface area contributed by atoms with Crippen LogP contribution in [0, 0.1) is 0 Å². The largest absolute Gasteiger partial charge is 0.416 e. The summed E-state index contributed by atoms with van der Waals surface area (Å²) in [5.41, 5.74) is -1.26. The van der Waals surface area contributed by atoms with E-state index in [0.717, 1.165) is 19.0 Å². The van der Waals surface area contributed by atoms with Gasteiger partial charge in [-0.05, 0) is 37.9 Å². The first-order valence-corrected chi connectivity index (χ1v) is 6.91. The van der Waals surface area contributed by atoms with E-state index >= 15 is 0 Å². The van der Waals surface area contributed by atoms with Crippen molar-refractivity contribution in [2.24, 2.45) is 0 Å². The van der Waals surface area contributed by atoms with Crippen LogP contribution in [0.4, 0.5) is 13.2 Å². The summed E-state index contributed by atoms with van der Waals surface area (Å²) >= 11 is 0. The molecular formula is C15H20F3NO. The van der Waals surface area contributed by atoms with Crippen molar-refractivity contribution in [3.8, 4) is 0 Å². The maximum Gasteiger partial charge on any atom is 0.416 e. The molecule has 0 aromatic heterocycles. The molecule has 5 heteroatoms. The summed E-state index contributed by atoms with van der Waals surface area (Å²) in [6, 6.07) is 5.90. The minimum atomic E-state index is -4.35. The van der Waals surface area contributed by atoms with Gasteiger partial charge in [0, 0.05) is 12.6 Å². The van der Waals surface area contributed by atoms with E-state index in [4.69, 9.17) is 4.74 Å². The summed E-state index contributed by atoms with van der Waals surface area (Å²) in [5, 5.41) is 3.31. The molecule has 2 unspecified atom stereocenters. The van der Waals surface area contributed by atoms with Crippen LogP contribution in [0.2, 0.25) is 0 Å². The third kappa shape index (κ3) is 3.15. The molecule has 0 amide bonds. The third-order valence-corrected chi connectivity index (χ3v) is 3.82. The molecule has 20 heavy (non-hydrogen) atoms. The van der Waals surface area contributed by atoms with Gasteiger partial charge in [-0.3, -0.25) is 0 Å². The Balaban J connectivity index is 2.34. The van der Waals surface area contributed by atoms with Crippen molar-refractivity contribution in [3.05, 3.63) is 35.4 Å². The number of hydrogen-bond acceptors (Lipinski definition) is 2. The molecule has 0 bridgehead atoms. The topological polar surface area (TPSA) is 21.3 Å². The number of hydrogen-bond donors (Lipinski definition) is 1. The molecule has 1 heterocycles. The predicted molar refractivity (Wildman–Crippen MR) is 71.4 cm³/mol. The normalized spacial score (nSPS) is 27.6.